The van der Waals surface area contributed by atoms with Crippen molar-refractivity contribution in [2.75, 3.05) is 26.4 Å². The molecule has 0 radical (unpaired) electrons. The largest absolute Gasteiger partial charge is 0.462 e. The van der Waals surface area contributed by atoms with Crippen molar-refractivity contribution in [2.45, 2.75) is 107 Å². The second kappa shape index (κ2) is 15.9. The second-order valence-corrected chi connectivity index (χ2v) is 9.25. The fourth-order valence-electron chi connectivity index (χ4n) is 3.88. The van der Waals surface area contributed by atoms with E-state index < -0.39 is 99.3 Å². The number of ether oxygens (including phenoxy) is 6. The van der Waals surface area contributed by atoms with Crippen LogP contribution < -0.4 is 0 Å². The highest BCUT2D eigenvalue weighted by molar-refractivity contribution is 5.69. The summed E-state index contributed by atoms with van der Waals surface area (Å²) in [6.45, 7) is 1.23. The molecule has 222 valence electrons. The molecule has 0 aromatic heterocycles. The van der Waals surface area contributed by atoms with Crippen LogP contribution in [0.5, 0.6) is 0 Å². The molecule has 2 saturated heterocycles. The van der Waals surface area contributed by atoms with Crippen molar-refractivity contribution in [1.82, 2.24) is 0 Å². The van der Waals surface area contributed by atoms with E-state index in [1.807, 2.05) is 6.92 Å². The zero-order chi connectivity index (χ0) is 28.4. The number of carbonyl (C=O) groups excluding carboxylic acids is 2. The fraction of sp³-hybridized carbons (Fsp3) is 0.913. The molecule has 2 rings (SSSR count). The maximum absolute atomic E-state index is 12.1. The maximum Gasteiger partial charge on any atom is 0.306 e. The van der Waals surface area contributed by atoms with Gasteiger partial charge in [0.05, 0.1) is 19.8 Å². The van der Waals surface area contributed by atoms with E-state index in [9.17, 15) is 45.3 Å². The van der Waals surface area contributed by atoms with Crippen molar-refractivity contribution in [1.29, 1.82) is 0 Å². The van der Waals surface area contributed by atoms with E-state index in [4.69, 9.17) is 28.4 Å². The Hall–Kier alpha value is -1.50. The molecular formula is C23H40O15. The molecule has 0 aromatic carbocycles. The van der Waals surface area contributed by atoms with Crippen LogP contribution in [0.15, 0.2) is 0 Å². The van der Waals surface area contributed by atoms with Crippen molar-refractivity contribution in [2.24, 2.45) is 0 Å². The van der Waals surface area contributed by atoms with Gasteiger partial charge in [0.2, 0.25) is 0 Å². The van der Waals surface area contributed by atoms with Gasteiger partial charge in [0.25, 0.3) is 0 Å². The van der Waals surface area contributed by atoms with E-state index in [0.717, 1.165) is 12.8 Å². The predicted octanol–water partition coefficient (Wildman–Crippen LogP) is -3.32. The lowest BCUT2D eigenvalue weighted by Gasteiger charge is -2.42. The van der Waals surface area contributed by atoms with Gasteiger partial charge in [-0.15, -0.1) is 0 Å². The fourth-order valence-corrected chi connectivity index (χ4v) is 3.88. The minimum atomic E-state index is -1.75. The highest BCUT2D eigenvalue weighted by atomic mass is 16.7. The highest BCUT2D eigenvalue weighted by Gasteiger charge is 2.47. The van der Waals surface area contributed by atoms with Gasteiger partial charge < -0.3 is 64.2 Å². The number of rotatable bonds is 14. The molecule has 0 aliphatic carbocycles. The van der Waals surface area contributed by atoms with Crippen molar-refractivity contribution in [3.63, 3.8) is 0 Å². The van der Waals surface area contributed by atoms with Gasteiger partial charge in [-0.2, -0.15) is 0 Å². The lowest BCUT2D eigenvalue weighted by Crippen LogP contribution is -2.61. The monoisotopic (exact) mass is 556 g/mol. The van der Waals surface area contributed by atoms with Crippen LogP contribution in [0.3, 0.4) is 0 Å². The number of hydrogen-bond acceptors (Lipinski definition) is 15. The summed E-state index contributed by atoms with van der Waals surface area (Å²) in [7, 11) is 0. The SMILES string of the molecule is CCCCCC(=O)O[C@H](COC(C)=O)CO[C@@H]1O[C@H](CO[C@H]2O[C@H](CO)[C@H](O)[C@H](O)[C@H]2O)[C@H](O)[C@H](O)[C@H]1O. The van der Waals surface area contributed by atoms with Gasteiger partial charge in [-0.3, -0.25) is 9.59 Å². The topological polar surface area (TPSA) is 231 Å². The predicted molar refractivity (Wildman–Crippen MR) is 123 cm³/mol. The molecule has 2 heterocycles. The first kappa shape index (κ1) is 32.7. The molecule has 0 unspecified atom stereocenters. The van der Waals surface area contributed by atoms with Crippen molar-refractivity contribution in [3.05, 3.63) is 0 Å². The van der Waals surface area contributed by atoms with Gasteiger partial charge in [0, 0.05) is 13.3 Å². The number of carbonyl (C=O) groups is 2. The first-order chi connectivity index (χ1) is 18.0. The number of aliphatic hydroxyl groups excluding tert-OH is 7. The van der Waals surface area contributed by atoms with Crippen molar-refractivity contribution < 1.29 is 73.8 Å². The molecule has 0 saturated carbocycles. The van der Waals surface area contributed by atoms with Gasteiger partial charge in [0.1, 0.15) is 55.4 Å². The maximum atomic E-state index is 12.1. The molecule has 15 nitrogen and oxygen atoms in total. The molecule has 0 bridgehead atoms. The number of hydrogen-bond donors (Lipinski definition) is 7. The van der Waals surface area contributed by atoms with Crippen LogP contribution >= 0.6 is 0 Å². The summed E-state index contributed by atoms with van der Waals surface area (Å²) in [5, 5.41) is 70.1. The normalized spacial score (nSPS) is 36.4. The summed E-state index contributed by atoms with van der Waals surface area (Å²) >= 11 is 0. The van der Waals surface area contributed by atoms with Gasteiger partial charge in [-0.25, -0.2) is 0 Å². The Morgan fingerprint density at radius 3 is 1.95 bits per heavy atom. The summed E-state index contributed by atoms with van der Waals surface area (Å²) in [5.41, 5.74) is 0. The smallest absolute Gasteiger partial charge is 0.306 e. The average Bonchev–Trinajstić information content (AvgIpc) is 2.88. The van der Waals surface area contributed by atoms with Crippen LogP contribution in [0.4, 0.5) is 0 Å². The summed E-state index contributed by atoms with van der Waals surface area (Å²) in [5.74, 6) is -1.15. The van der Waals surface area contributed by atoms with Crippen LogP contribution in [-0.2, 0) is 38.0 Å². The quantitative estimate of drug-likeness (QED) is 0.0820. The Balaban J connectivity index is 1.97. The summed E-state index contributed by atoms with van der Waals surface area (Å²) in [4.78, 5) is 23.3. The Labute approximate surface area is 219 Å². The zero-order valence-electron chi connectivity index (χ0n) is 21.4. The third kappa shape index (κ3) is 9.31. The van der Waals surface area contributed by atoms with E-state index in [0.29, 0.717) is 6.42 Å². The number of aliphatic hydroxyl groups is 7. The van der Waals surface area contributed by atoms with Crippen LogP contribution in [0.2, 0.25) is 0 Å². The van der Waals surface area contributed by atoms with Crippen LogP contribution in [0.25, 0.3) is 0 Å². The van der Waals surface area contributed by atoms with E-state index in [1.165, 1.54) is 6.92 Å². The molecular weight excluding hydrogens is 516 g/mol. The van der Waals surface area contributed by atoms with Gasteiger partial charge in [-0.05, 0) is 6.42 Å². The Morgan fingerprint density at radius 1 is 0.789 bits per heavy atom. The number of esters is 2. The first-order valence-corrected chi connectivity index (χ1v) is 12.6. The minimum absolute atomic E-state index is 0.148. The minimum Gasteiger partial charge on any atom is -0.462 e. The first-order valence-electron chi connectivity index (χ1n) is 12.6. The lowest BCUT2D eigenvalue weighted by molar-refractivity contribution is -0.332. The number of unbranched alkanes of at least 4 members (excludes halogenated alkanes) is 2. The summed E-state index contributed by atoms with van der Waals surface area (Å²) < 4.78 is 31.8. The van der Waals surface area contributed by atoms with E-state index >= 15 is 0 Å². The van der Waals surface area contributed by atoms with Crippen molar-refractivity contribution in [3.8, 4) is 0 Å². The lowest BCUT2D eigenvalue weighted by atomic mass is 9.98. The molecule has 2 aliphatic heterocycles. The molecule has 38 heavy (non-hydrogen) atoms. The second-order valence-electron chi connectivity index (χ2n) is 9.25. The van der Waals surface area contributed by atoms with E-state index in [2.05, 4.69) is 0 Å². The molecule has 0 aromatic rings. The third-order valence-electron chi connectivity index (χ3n) is 6.14. The summed E-state index contributed by atoms with van der Waals surface area (Å²) in [6.07, 6.45) is -14.3. The molecule has 15 heteroatoms. The molecule has 2 fully saturated rings. The van der Waals surface area contributed by atoms with E-state index in [1.54, 1.807) is 0 Å². The Bertz CT molecular complexity index is 721. The van der Waals surface area contributed by atoms with E-state index in [-0.39, 0.29) is 13.0 Å². The van der Waals surface area contributed by atoms with Crippen LogP contribution in [0, 0.1) is 0 Å². The van der Waals surface area contributed by atoms with Crippen LogP contribution in [0.1, 0.15) is 39.5 Å². The average molecular weight is 557 g/mol. The van der Waals surface area contributed by atoms with Crippen LogP contribution in [-0.4, -0.2) is 142 Å². The standard InChI is InChI=1S/C23H40O15/c1-3-4-5-6-15(26)36-12(8-33-11(2)25)9-34-22-21(32)19(30)17(28)14(38-22)10-35-23-20(31)18(29)16(27)13(7-24)37-23/h12-14,16-24,27-32H,3-10H2,1-2H3/t12-,13-,14-,16+,17+,18+,19+,20-,21-,22-,23+/m1/s1. The Morgan fingerprint density at radius 2 is 1.37 bits per heavy atom. The summed E-state index contributed by atoms with van der Waals surface area (Å²) in [6, 6.07) is 0. The zero-order valence-corrected chi connectivity index (χ0v) is 21.4. The molecule has 2 aliphatic rings. The van der Waals surface area contributed by atoms with Gasteiger partial charge in [-0.1, -0.05) is 19.8 Å². The van der Waals surface area contributed by atoms with Gasteiger partial charge >= 0.3 is 11.9 Å². The van der Waals surface area contributed by atoms with Gasteiger partial charge in [0.15, 0.2) is 18.7 Å². The Kier molecular flexibility index (Phi) is 13.7. The van der Waals surface area contributed by atoms with Crippen molar-refractivity contribution >= 4 is 11.9 Å². The molecule has 0 spiro atoms. The highest BCUT2D eigenvalue weighted by Crippen LogP contribution is 2.26. The molecule has 0 amide bonds. The molecule has 7 N–H and O–H groups in total. The molecule has 11 atom stereocenters. The third-order valence-corrected chi connectivity index (χ3v) is 6.14.